The van der Waals surface area contributed by atoms with Gasteiger partial charge in [0.2, 0.25) is 0 Å². The molecule has 7 heteroatoms. The van der Waals surface area contributed by atoms with Gasteiger partial charge in [-0.05, 0) is 55.0 Å². The van der Waals surface area contributed by atoms with Crippen LogP contribution >= 0.6 is 11.6 Å². The third-order valence-electron chi connectivity index (χ3n) is 4.20. The van der Waals surface area contributed by atoms with Crippen molar-refractivity contribution < 1.29 is 14.3 Å². The summed E-state index contributed by atoms with van der Waals surface area (Å²) in [5.74, 6) is 1.43. The molecular weight excluding hydrogens is 378 g/mol. The van der Waals surface area contributed by atoms with E-state index in [4.69, 9.17) is 21.1 Å². The molecule has 0 bridgehead atoms. The van der Waals surface area contributed by atoms with E-state index in [1.165, 1.54) is 7.11 Å². The Morgan fingerprint density at radius 1 is 1.04 bits per heavy atom. The van der Waals surface area contributed by atoms with Gasteiger partial charge in [0, 0.05) is 16.3 Å². The Bertz CT molecular complexity index is 991. The molecule has 1 amide bonds. The van der Waals surface area contributed by atoms with E-state index in [-0.39, 0.29) is 5.91 Å². The number of nitrogens with zero attached hydrogens (tertiary/aromatic N) is 1. The van der Waals surface area contributed by atoms with Crippen LogP contribution in [0.1, 0.15) is 15.9 Å². The van der Waals surface area contributed by atoms with Gasteiger partial charge in [0.15, 0.2) is 11.5 Å². The maximum atomic E-state index is 12.5. The molecule has 0 fully saturated rings. The first kappa shape index (κ1) is 19.5. The molecule has 0 saturated heterocycles. The van der Waals surface area contributed by atoms with Crippen LogP contribution < -0.4 is 20.1 Å². The third-order valence-corrected chi connectivity index (χ3v) is 4.61. The topological polar surface area (TPSA) is 72.5 Å². The molecule has 1 heterocycles. The number of benzene rings is 2. The predicted octanol–water partition coefficient (Wildman–Crippen LogP) is 5.06. The summed E-state index contributed by atoms with van der Waals surface area (Å²) in [6, 6.07) is 14.2. The number of rotatable bonds is 6. The molecule has 3 rings (SSSR count). The predicted molar refractivity (Wildman–Crippen MR) is 111 cm³/mol. The summed E-state index contributed by atoms with van der Waals surface area (Å²) >= 11 is 6.14. The highest BCUT2D eigenvalue weighted by molar-refractivity contribution is 6.31. The number of methoxy groups -OCH3 is 2. The van der Waals surface area contributed by atoms with Crippen LogP contribution in [-0.2, 0) is 0 Å². The number of hydrogen-bond donors (Lipinski definition) is 2. The van der Waals surface area contributed by atoms with Crippen LogP contribution in [0.3, 0.4) is 0 Å². The first-order valence-electron chi connectivity index (χ1n) is 8.53. The number of hydrogen-bond acceptors (Lipinski definition) is 5. The molecule has 0 aliphatic rings. The minimum atomic E-state index is -0.269. The largest absolute Gasteiger partial charge is 0.493 e. The summed E-state index contributed by atoms with van der Waals surface area (Å²) in [5, 5.41) is 6.71. The lowest BCUT2D eigenvalue weighted by atomic mass is 10.2. The van der Waals surface area contributed by atoms with E-state index in [9.17, 15) is 4.79 Å². The van der Waals surface area contributed by atoms with Crippen molar-refractivity contribution in [1.29, 1.82) is 0 Å². The van der Waals surface area contributed by atoms with Gasteiger partial charge in [0.1, 0.15) is 5.82 Å². The number of anilines is 3. The second kappa shape index (κ2) is 8.63. The zero-order chi connectivity index (χ0) is 20.1. The fourth-order valence-corrected chi connectivity index (χ4v) is 2.78. The van der Waals surface area contributed by atoms with Gasteiger partial charge in [-0.3, -0.25) is 4.79 Å². The van der Waals surface area contributed by atoms with Crippen LogP contribution in [0.15, 0.2) is 54.7 Å². The zero-order valence-corrected chi connectivity index (χ0v) is 16.5. The second-order valence-corrected chi connectivity index (χ2v) is 6.40. The Balaban J connectivity index is 1.70. The van der Waals surface area contributed by atoms with Gasteiger partial charge in [0.25, 0.3) is 5.91 Å². The first-order valence-corrected chi connectivity index (χ1v) is 8.91. The minimum absolute atomic E-state index is 0.269. The summed E-state index contributed by atoms with van der Waals surface area (Å²) in [7, 11) is 3.07. The molecule has 0 radical (unpaired) electrons. The van der Waals surface area contributed by atoms with E-state index < -0.39 is 0 Å². The van der Waals surface area contributed by atoms with Gasteiger partial charge in [-0.15, -0.1) is 0 Å². The van der Waals surface area contributed by atoms with Crippen molar-refractivity contribution in [3.05, 3.63) is 70.9 Å². The molecule has 2 aromatic carbocycles. The number of halogens is 1. The molecular formula is C21H20ClN3O3. The molecule has 0 unspecified atom stereocenters. The number of aromatic nitrogens is 1. The molecule has 6 nitrogen and oxygen atoms in total. The van der Waals surface area contributed by atoms with Gasteiger partial charge in [-0.2, -0.15) is 0 Å². The highest BCUT2D eigenvalue weighted by atomic mass is 35.5. The van der Waals surface area contributed by atoms with Gasteiger partial charge in [0.05, 0.1) is 26.1 Å². The van der Waals surface area contributed by atoms with Crippen LogP contribution in [-0.4, -0.2) is 25.1 Å². The number of pyridine rings is 1. The fraction of sp³-hybridized carbons (Fsp3) is 0.143. The smallest absolute Gasteiger partial charge is 0.255 e. The summed E-state index contributed by atoms with van der Waals surface area (Å²) in [6.07, 6.45) is 1.58. The van der Waals surface area contributed by atoms with Crippen molar-refractivity contribution in [2.75, 3.05) is 24.9 Å². The molecule has 28 heavy (non-hydrogen) atoms. The van der Waals surface area contributed by atoms with Crippen molar-refractivity contribution in [2.45, 2.75) is 6.92 Å². The van der Waals surface area contributed by atoms with Crippen molar-refractivity contribution >= 4 is 34.7 Å². The average Bonchev–Trinajstić information content (AvgIpc) is 2.72. The third kappa shape index (κ3) is 4.35. The standard InChI is InChI=1S/C21H20ClN3O3/c1-13-16(22)5-4-6-17(13)25-20-10-8-15(12-23-20)24-21(26)14-7-9-18(27-2)19(11-14)28-3/h4-12H,1-3H3,(H,23,25)(H,24,26). The van der Waals surface area contributed by atoms with E-state index in [1.807, 2.05) is 25.1 Å². The summed E-state index contributed by atoms with van der Waals surface area (Å²) in [6.45, 7) is 1.93. The van der Waals surface area contributed by atoms with Crippen LogP contribution in [0.2, 0.25) is 5.02 Å². The van der Waals surface area contributed by atoms with Gasteiger partial charge < -0.3 is 20.1 Å². The van der Waals surface area contributed by atoms with E-state index in [2.05, 4.69) is 15.6 Å². The van der Waals surface area contributed by atoms with Gasteiger partial charge in [-0.25, -0.2) is 4.98 Å². The number of carbonyl (C=O) groups excluding carboxylic acids is 1. The molecule has 1 aromatic heterocycles. The Labute approximate surface area is 168 Å². The monoisotopic (exact) mass is 397 g/mol. The Kier molecular flexibility index (Phi) is 6.01. The molecule has 144 valence electrons. The Morgan fingerprint density at radius 3 is 2.50 bits per heavy atom. The SMILES string of the molecule is COc1ccc(C(=O)Nc2ccc(Nc3cccc(Cl)c3C)nc2)cc1OC. The van der Waals surface area contributed by atoms with Crippen LogP contribution in [0.5, 0.6) is 11.5 Å². The first-order chi connectivity index (χ1) is 13.5. The van der Waals surface area contributed by atoms with Crippen molar-refractivity contribution in [1.82, 2.24) is 4.98 Å². The molecule has 3 aromatic rings. The van der Waals surface area contributed by atoms with E-state index >= 15 is 0 Å². The maximum absolute atomic E-state index is 12.5. The van der Waals surface area contributed by atoms with E-state index in [0.717, 1.165) is 11.3 Å². The highest BCUT2D eigenvalue weighted by Crippen LogP contribution is 2.28. The quantitative estimate of drug-likeness (QED) is 0.608. The molecule has 0 aliphatic carbocycles. The van der Waals surface area contributed by atoms with Gasteiger partial charge in [-0.1, -0.05) is 17.7 Å². The number of nitrogens with one attached hydrogen (secondary N) is 2. The van der Waals surface area contributed by atoms with E-state index in [0.29, 0.717) is 33.6 Å². The summed E-state index contributed by atoms with van der Waals surface area (Å²) in [5.41, 5.74) is 2.85. The molecule has 0 saturated carbocycles. The summed E-state index contributed by atoms with van der Waals surface area (Å²) < 4.78 is 10.4. The number of amides is 1. The fourth-order valence-electron chi connectivity index (χ4n) is 2.60. The summed E-state index contributed by atoms with van der Waals surface area (Å²) in [4.78, 5) is 16.8. The van der Waals surface area contributed by atoms with Gasteiger partial charge >= 0.3 is 0 Å². The zero-order valence-electron chi connectivity index (χ0n) is 15.7. The molecule has 2 N–H and O–H groups in total. The van der Waals surface area contributed by atoms with E-state index in [1.54, 1.807) is 43.6 Å². The van der Waals surface area contributed by atoms with Crippen molar-refractivity contribution in [3.8, 4) is 11.5 Å². The lowest BCUT2D eigenvalue weighted by Crippen LogP contribution is -2.12. The molecule has 0 atom stereocenters. The molecule has 0 spiro atoms. The van der Waals surface area contributed by atoms with Crippen LogP contribution in [0.4, 0.5) is 17.2 Å². The Morgan fingerprint density at radius 2 is 1.82 bits per heavy atom. The second-order valence-electron chi connectivity index (χ2n) is 5.99. The number of ether oxygens (including phenoxy) is 2. The van der Waals surface area contributed by atoms with Crippen molar-refractivity contribution in [2.24, 2.45) is 0 Å². The average molecular weight is 398 g/mol. The highest BCUT2D eigenvalue weighted by Gasteiger charge is 2.11. The maximum Gasteiger partial charge on any atom is 0.255 e. The minimum Gasteiger partial charge on any atom is -0.493 e. The Hall–Kier alpha value is -3.25. The van der Waals surface area contributed by atoms with Crippen molar-refractivity contribution in [3.63, 3.8) is 0 Å². The van der Waals surface area contributed by atoms with Crippen LogP contribution in [0, 0.1) is 6.92 Å². The van der Waals surface area contributed by atoms with Crippen LogP contribution in [0.25, 0.3) is 0 Å². The lowest BCUT2D eigenvalue weighted by molar-refractivity contribution is 0.102. The normalized spacial score (nSPS) is 10.3. The molecule has 0 aliphatic heterocycles. The number of carbonyl (C=O) groups is 1. The lowest BCUT2D eigenvalue weighted by Gasteiger charge is -2.11.